The van der Waals surface area contributed by atoms with E-state index in [-0.39, 0.29) is 5.91 Å². The van der Waals surface area contributed by atoms with Crippen molar-refractivity contribution < 1.29 is 4.79 Å². The van der Waals surface area contributed by atoms with Gasteiger partial charge in [0, 0.05) is 11.3 Å². The average Bonchev–Trinajstić information content (AvgIpc) is 2.71. The normalized spacial score (nSPS) is 13.9. The molecule has 1 amide bonds. The summed E-state index contributed by atoms with van der Waals surface area (Å²) in [6, 6.07) is 13.9. The lowest BCUT2D eigenvalue weighted by atomic mass is 10.1. The molecule has 2 heteroatoms. The number of hydrogen-bond donors (Lipinski definition) is 0. The van der Waals surface area contributed by atoms with E-state index in [2.05, 4.69) is 19.9 Å². The Morgan fingerprint density at radius 3 is 2.56 bits per heavy atom. The van der Waals surface area contributed by atoms with Crippen LogP contribution in [0, 0.1) is 13.8 Å². The number of rotatable bonds is 1. The molecule has 0 atom stereocenters. The molecule has 3 rings (SSSR count). The lowest BCUT2D eigenvalue weighted by Gasteiger charge is -2.19. The summed E-state index contributed by atoms with van der Waals surface area (Å²) in [7, 11) is 0. The molecule has 0 N–H and O–H groups in total. The minimum absolute atomic E-state index is 0.110. The molecule has 1 aliphatic rings. The highest BCUT2D eigenvalue weighted by Crippen LogP contribution is 2.31. The van der Waals surface area contributed by atoms with Crippen LogP contribution in [-0.2, 0) is 6.54 Å². The summed E-state index contributed by atoms with van der Waals surface area (Å²) in [5.41, 5.74) is 5.37. The molecule has 18 heavy (non-hydrogen) atoms. The molecule has 0 unspecified atom stereocenters. The number of fused-ring (bicyclic) bond motifs is 1. The highest BCUT2D eigenvalue weighted by molar-refractivity contribution is 6.10. The zero-order valence-electron chi connectivity index (χ0n) is 10.6. The maximum Gasteiger partial charge on any atom is 0.258 e. The van der Waals surface area contributed by atoms with Gasteiger partial charge in [-0.25, -0.2) is 0 Å². The summed E-state index contributed by atoms with van der Waals surface area (Å²) in [4.78, 5) is 14.3. The minimum Gasteiger partial charge on any atom is -0.304 e. The van der Waals surface area contributed by atoms with Gasteiger partial charge in [-0.3, -0.25) is 4.79 Å². The maximum atomic E-state index is 12.4. The van der Waals surface area contributed by atoms with Crippen molar-refractivity contribution in [1.82, 2.24) is 0 Å². The third kappa shape index (κ3) is 1.53. The van der Waals surface area contributed by atoms with Crippen LogP contribution in [-0.4, -0.2) is 5.91 Å². The molecular formula is C16H15NO. The molecule has 1 heterocycles. The molecular weight excluding hydrogens is 222 g/mol. The summed E-state index contributed by atoms with van der Waals surface area (Å²) in [6.45, 7) is 4.83. The first kappa shape index (κ1) is 11.0. The van der Waals surface area contributed by atoms with Crippen LogP contribution >= 0.6 is 0 Å². The van der Waals surface area contributed by atoms with Gasteiger partial charge < -0.3 is 4.90 Å². The molecule has 0 aliphatic carbocycles. The Hall–Kier alpha value is -2.09. The zero-order chi connectivity index (χ0) is 12.7. The van der Waals surface area contributed by atoms with Crippen molar-refractivity contribution in [3.05, 3.63) is 64.7 Å². The van der Waals surface area contributed by atoms with Crippen molar-refractivity contribution in [2.75, 3.05) is 4.90 Å². The molecule has 0 saturated carbocycles. The van der Waals surface area contributed by atoms with E-state index in [1.54, 1.807) is 0 Å². The molecule has 1 aliphatic heterocycles. The summed E-state index contributed by atoms with van der Waals surface area (Å²) in [5, 5.41) is 0. The second-order valence-corrected chi connectivity index (χ2v) is 4.77. The number of carbonyl (C=O) groups is 1. The smallest absolute Gasteiger partial charge is 0.258 e. The van der Waals surface area contributed by atoms with Crippen LogP contribution in [0.2, 0.25) is 0 Å². The number of hydrogen-bond acceptors (Lipinski definition) is 1. The third-order valence-corrected chi connectivity index (χ3v) is 3.69. The van der Waals surface area contributed by atoms with Crippen molar-refractivity contribution in [2.45, 2.75) is 20.4 Å². The minimum atomic E-state index is 0.110. The van der Waals surface area contributed by atoms with Crippen LogP contribution in [0.4, 0.5) is 5.69 Å². The fourth-order valence-corrected chi connectivity index (χ4v) is 2.48. The van der Waals surface area contributed by atoms with Crippen LogP contribution < -0.4 is 4.90 Å². The molecule has 0 bridgehead atoms. The van der Waals surface area contributed by atoms with Gasteiger partial charge in [0.05, 0.1) is 6.54 Å². The average molecular weight is 237 g/mol. The first-order chi connectivity index (χ1) is 8.68. The van der Waals surface area contributed by atoms with E-state index in [1.165, 1.54) is 11.1 Å². The van der Waals surface area contributed by atoms with Gasteiger partial charge in [0.1, 0.15) is 0 Å². The predicted octanol–water partition coefficient (Wildman–Crippen LogP) is 3.46. The van der Waals surface area contributed by atoms with Crippen molar-refractivity contribution in [2.24, 2.45) is 0 Å². The Kier molecular flexibility index (Phi) is 2.44. The topological polar surface area (TPSA) is 20.3 Å². The summed E-state index contributed by atoms with van der Waals surface area (Å²) in [6.07, 6.45) is 0. The Bertz CT molecular complexity index is 631. The summed E-state index contributed by atoms with van der Waals surface area (Å²) >= 11 is 0. The molecule has 2 nitrogen and oxygen atoms in total. The van der Waals surface area contributed by atoms with Crippen molar-refractivity contribution in [3.63, 3.8) is 0 Å². The summed E-state index contributed by atoms with van der Waals surface area (Å²) < 4.78 is 0. The molecule has 0 saturated heterocycles. The largest absolute Gasteiger partial charge is 0.304 e. The molecule has 0 aromatic heterocycles. The second kappa shape index (κ2) is 3.98. The molecule has 90 valence electrons. The standard InChI is InChI=1S/C16H15NO/c1-11-6-5-9-15(12(11)2)17-10-13-7-3-4-8-14(13)16(17)18/h3-9H,10H2,1-2H3. The van der Waals surface area contributed by atoms with Gasteiger partial charge in [0.2, 0.25) is 0 Å². The monoisotopic (exact) mass is 237 g/mol. The van der Waals surface area contributed by atoms with Crippen LogP contribution in [0.15, 0.2) is 42.5 Å². The summed E-state index contributed by atoms with van der Waals surface area (Å²) in [5.74, 6) is 0.110. The van der Waals surface area contributed by atoms with Gasteiger partial charge in [0.25, 0.3) is 5.91 Å². The van der Waals surface area contributed by atoms with Gasteiger partial charge in [-0.05, 0) is 42.7 Å². The second-order valence-electron chi connectivity index (χ2n) is 4.77. The zero-order valence-corrected chi connectivity index (χ0v) is 10.6. The van der Waals surface area contributed by atoms with Gasteiger partial charge in [-0.2, -0.15) is 0 Å². The Balaban J connectivity index is 2.07. The highest BCUT2D eigenvalue weighted by Gasteiger charge is 2.28. The lowest BCUT2D eigenvalue weighted by molar-refractivity contribution is 0.0996. The van der Waals surface area contributed by atoms with Gasteiger partial charge in [-0.1, -0.05) is 30.3 Å². The van der Waals surface area contributed by atoms with Crippen molar-refractivity contribution in [1.29, 1.82) is 0 Å². The van der Waals surface area contributed by atoms with Gasteiger partial charge >= 0.3 is 0 Å². The van der Waals surface area contributed by atoms with Crippen LogP contribution in [0.5, 0.6) is 0 Å². The fraction of sp³-hybridized carbons (Fsp3) is 0.188. The SMILES string of the molecule is Cc1cccc(N2Cc3ccccc3C2=O)c1C. The number of benzene rings is 2. The first-order valence-electron chi connectivity index (χ1n) is 6.14. The van der Waals surface area contributed by atoms with Crippen LogP contribution in [0.25, 0.3) is 0 Å². The number of aryl methyl sites for hydroxylation is 1. The quantitative estimate of drug-likeness (QED) is 0.743. The van der Waals surface area contributed by atoms with E-state index in [0.717, 1.165) is 16.8 Å². The third-order valence-electron chi connectivity index (χ3n) is 3.69. The Morgan fingerprint density at radius 2 is 1.78 bits per heavy atom. The number of carbonyl (C=O) groups excluding carboxylic acids is 1. The van der Waals surface area contributed by atoms with E-state index >= 15 is 0 Å². The molecule has 2 aromatic rings. The Labute approximate surface area is 107 Å². The molecule has 0 spiro atoms. The van der Waals surface area contributed by atoms with E-state index in [1.807, 2.05) is 41.3 Å². The van der Waals surface area contributed by atoms with Crippen LogP contribution in [0.1, 0.15) is 27.0 Å². The maximum absolute atomic E-state index is 12.4. The first-order valence-corrected chi connectivity index (χ1v) is 6.14. The van der Waals surface area contributed by atoms with Crippen LogP contribution in [0.3, 0.4) is 0 Å². The number of anilines is 1. The Morgan fingerprint density at radius 1 is 1.00 bits per heavy atom. The van der Waals surface area contributed by atoms with Crippen molar-refractivity contribution >= 4 is 11.6 Å². The van der Waals surface area contributed by atoms with E-state index in [0.29, 0.717) is 6.54 Å². The van der Waals surface area contributed by atoms with E-state index < -0.39 is 0 Å². The number of amides is 1. The highest BCUT2D eigenvalue weighted by atomic mass is 16.2. The van der Waals surface area contributed by atoms with E-state index in [4.69, 9.17) is 0 Å². The predicted molar refractivity (Wildman–Crippen MR) is 72.9 cm³/mol. The van der Waals surface area contributed by atoms with E-state index in [9.17, 15) is 4.79 Å². The van der Waals surface area contributed by atoms with Gasteiger partial charge in [0.15, 0.2) is 0 Å². The van der Waals surface area contributed by atoms with Gasteiger partial charge in [-0.15, -0.1) is 0 Å². The fourth-order valence-electron chi connectivity index (χ4n) is 2.48. The molecule has 2 aromatic carbocycles. The van der Waals surface area contributed by atoms with Crippen molar-refractivity contribution in [3.8, 4) is 0 Å². The number of nitrogens with zero attached hydrogens (tertiary/aromatic N) is 1. The molecule has 0 fully saturated rings. The lowest BCUT2D eigenvalue weighted by Crippen LogP contribution is -2.24. The molecule has 0 radical (unpaired) electrons.